The molecule has 1 aliphatic carbocycles. The largest absolute Gasteiger partial charge is 3.00 e. The predicted octanol–water partition coefficient (Wildman–Crippen LogP) is 11.7. The van der Waals surface area contributed by atoms with Crippen LogP contribution in [-0.4, -0.2) is 15.0 Å². The second-order valence-electron chi connectivity index (χ2n) is 20.7. The van der Waals surface area contributed by atoms with Gasteiger partial charge in [0.05, 0.1) is 34.2 Å². The van der Waals surface area contributed by atoms with Crippen molar-refractivity contribution in [2.45, 2.75) is 105 Å². The van der Waals surface area contributed by atoms with E-state index in [9.17, 15) is 0 Å². The van der Waals surface area contributed by atoms with Crippen LogP contribution in [0.15, 0.2) is 109 Å². The minimum atomic E-state index is -0.865. The van der Waals surface area contributed by atoms with Crippen molar-refractivity contribution in [2.75, 3.05) is 0 Å². The van der Waals surface area contributed by atoms with Gasteiger partial charge in [0.2, 0.25) is 0 Å². The van der Waals surface area contributed by atoms with Crippen LogP contribution in [0.4, 0.5) is 0 Å². The standard InChI is InChI=1S/C53H54N3.Ir/c1-46(2,3)50-34-19-13-21-36(31-34)51(47(4,5)6)38-23-15-24-39(33-38)52(48(7,8)9,37-22-14-20-35(50)32-37)42-27-18-30-45(56-42)53(49(10,11)12,43-28-16-25-40(50)54-43)44-29-17-26-41(51)55-44;/h13-30H,1-12H3;/q-3;+3. The summed E-state index contributed by atoms with van der Waals surface area (Å²) in [7, 11) is 0. The number of nitrogens with zero attached hydrogens (tertiary/aromatic N) is 3. The van der Waals surface area contributed by atoms with Crippen LogP contribution in [-0.2, 0) is 41.8 Å². The van der Waals surface area contributed by atoms with Gasteiger partial charge in [0.15, 0.2) is 0 Å². The summed E-state index contributed by atoms with van der Waals surface area (Å²) in [4.78, 5) is 17.9. The van der Waals surface area contributed by atoms with Crippen molar-refractivity contribution < 1.29 is 20.1 Å². The molecule has 0 N–H and O–H groups in total. The van der Waals surface area contributed by atoms with Gasteiger partial charge in [0.1, 0.15) is 5.41 Å². The summed E-state index contributed by atoms with van der Waals surface area (Å²) >= 11 is 0. The number of hydrogen-bond donors (Lipinski definition) is 0. The third-order valence-corrected chi connectivity index (χ3v) is 13.9. The van der Waals surface area contributed by atoms with Crippen LogP contribution in [0.2, 0.25) is 0 Å². The molecule has 0 atom stereocenters. The monoisotopic (exact) mass is 925 g/mol. The van der Waals surface area contributed by atoms with Crippen LogP contribution < -0.4 is 0 Å². The van der Waals surface area contributed by atoms with Crippen molar-refractivity contribution in [2.24, 2.45) is 21.7 Å². The van der Waals surface area contributed by atoms with E-state index in [0.717, 1.165) is 67.5 Å². The first-order chi connectivity index (χ1) is 26.3. The second-order valence-corrected chi connectivity index (χ2v) is 20.7. The zero-order chi connectivity index (χ0) is 39.9. The Hall–Kier alpha value is -4.24. The van der Waals surface area contributed by atoms with Gasteiger partial charge in [-0.2, -0.15) is 72.8 Å². The summed E-state index contributed by atoms with van der Waals surface area (Å²) in [5.41, 5.74) is 7.33. The molecule has 3 aromatic heterocycles. The fraction of sp³-hybridized carbons (Fsp3) is 0.377. The molecule has 57 heavy (non-hydrogen) atoms. The normalized spacial score (nSPS) is 24.6. The molecule has 0 radical (unpaired) electrons. The third-order valence-electron chi connectivity index (χ3n) is 13.9. The first kappa shape index (κ1) is 39.6. The predicted molar refractivity (Wildman–Crippen MR) is 226 cm³/mol. The zero-order valence-corrected chi connectivity index (χ0v) is 38.0. The Morgan fingerprint density at radius 3 is 0.667 bits per heavy atom. The summed E-state index contributed by atoms with van der Waals surface area (Å²) in [6.07, 6.45) is 0. The van der Waals surface area contributed by atoms with E-state index in [2.05, 4.69) is 210 Å². The van der Waals surface area contributed by atoms with Crippen molar-refractivity contribution in [3.63, 3.8) is 0 Å². The first-order valence-electron chi connectivity index (χ1n) is 20.3. The molecule has 0 amide bonds. The van der Waals surface area contributed by atoms with E-state index in [1.165, 1.54) is 0 Å². The molecule has 0 spiro atoms. The molecule has 0 saturated heterocycles. The molecule has 0 unspecified atom stereocenters. The Labute approximate surface area is 354 Å². The van der Waals surface area contributed by atoms with E-state index < -0.39 is 27.1 Å². The third kappa shape index (κ3) is 4.78. The molecule has 16 bridgehead atoms. The van der Waals surface area contributed by atoms with Crippen molar-refractivity contribution in [1.82, 2.24) is 15.0 Å². The summed E-state index contributed by atoms with van der Waals surface area (Å²) < 4.78 is 0. The topological polar surface area (TPSA) is 38.7 Å². The van der Waals surface area contributed by atoms with Gasteiger partial charge in [-0.1, -0.05) is 101 Å². The molecule has 10 rings (SSSR count). The Bertz CT molecular complexity index is 1980. The van der Waals surface area contributed by atoms with Gasteiger partial charge < -0.3 is 0 Å². The van der Waals surface area contributed by atoms with Crippen LogP contribution in [0.25, 0.3) is 0 Å². The summed E-state index contributed by atoms with van der Waals surface area (Å²) in [6.45, 7) is 28.3. The molecule has 3 aliphatic heterocycles. The maximum Gasteiger partial charge on any atom is 3.00 e. The molecular formula is C53H54IrN3. The van der Waals surface area contributed by atoms with Crippen LogP contribution >= 0.6 is 0 Å². The molecule has 0 saturated carbocycles. The van der Waals surface area contributed by atoms with Gasteiger partial charge >= 0.3 is 20.1 Å². The van der Waals surface area contributed by atoms with E-state index in [-0.39, 0.29) is 36.4 Å². The zero-order valence-electron chi connectivity index (χ0n) is 35.6. The molecule has 3 nitrogen and oxygen atoms in total. The van der Waals surface area contributed by atoms with Crippen molar-refractivity contribution >= 4 is 0 Å². The quantitative estimate of drug-likeness (QED) is 0.143. The summed E-state index contributed by atoms with van der Waals surface area (Å²) in [5, 5.41) is 0. The Morgan fingerprint density at radius 1 is 0.298 bits per heavy atom. The van der Waals surface area contributed by atoms with Gasteiger partial charge in [-0.3, -0.25) is 15.0 Å². The first-order valence-corrected chi connectivity index (χ1v) is 20.3. The Balaban J connectivity index is 0.00000455. The number of pyridine rings is 3. The van der Waals surface area contributed by atoms with Crippen LogP contribution in [0.5, 0.6) is 0 Å². The Kier molecular flexibility index (Phi) is 8.60. The Morgan fingerprint density at radius 2 is 0.474 bits per heavy atom. The molecule has 6 heterocycles. The minimum absolute atomic E-state index is 0. The van der Waals surface area contributed by atoms with E-state index in [1.807, 2.05) is 0 Å². The number of benzene rings is 3. The smallest absolute Gasteiger partial charge is 0.255 e. The van der Waals surface area contributed by atoms with Crippen molar-refractivity contribution in [3.8, 4) is 0 Å². The van der Waals surface area contributed by atoms with Crippen LogP contribution in [0, 0.1) is 39.9 Å². The molecule has 3 aromatic carbocycles. The number of aromatic nitrogens is 3. The van der Waals surface area contributed by atoms with E-state index in [0.29, 0.717) is 0 Å². The van der Waals surface area contributed by atoms with Crippen molar-refractivity contribution in [1.29, 1.82) is 0 Å². The second kappa shape index (κ2) is 12.4. The summed E-state index contributed by atoms with van der Waals surface area (Å²) in [6, 6.07) is 53.0. The minimum Gasteiger partial charge on any atom is -0.255 e. The molecule has 290 valence electrons. The number of hydrogen-bond acceptors (Lipinski definition) is 3. The molecular weight excluding hydrogens is 871 g/mol. The maximum absolute atomic E-state index is 5.96. The van der Waals surface area contributed by atoms with Gasteiger partial charge in [-0.05, 0) is 58.1 Å². The van der Waals surface area contributed by atoms with Gasteiger partial charge in [0, 0.05) is 16.2 Å². The number of rotatable bonds is 0. The van der Waals surface area contributed by atoms with Crippen LogP contribution in [0.3, 0.4) is 0 Å². The average Bonchev–Trinajstić information content (AvgIpc) is 3.11. The van der Waals surface area contributed by atoms with Crippen molar-refractivity contribution in [3.05, 3.63) is 195 Å². The fourth-order valence-electron chi connectivity index (χ4n) is 11.7. The van der Waals surface area contributed by atoms with Gasteiger partial charge in [0.25, 0.3) is 0 Å². The average molecular weight is 925 g/mol. The van der Waals surface area contributed by atoms with E-state index in [4.69, 9.17) is 15.0 Å². The fourth-order valence-corrected chi connectivity index (χ4v) is 11.7. The molecule has 0 fully saturated rings. The van der Waals surface area contributed by atoms with Crippen LogP contribution in [0.1, 0.15) is 151 Å². The summed E-state index contributed by atoms with van der Waals surface area (Å²) in [5.74, 6) is 0. The molecule has 4 heteroatoms. The molecule has 4 aliphatic rings. The molecule has 6 aromatic rings. The van der Waals surface area contributed by atoms with Gasteiger partial charge in [-0.25, -0.2) is 0 Å². The van der Waals surface area contributed by atoms with Gasteiger partial charge in [-0.15, -0.1) is 33.4 Å². The maximum atomic E-state index is 5.96. The van der Waals surface area contributed by atoms with E-state index >= 15 is 0 Å². The SMILES string of the molecule is CC(C)(C)C12c3[c-]c(ccc3)C3(C(C)(C)C)c4[c-]c(ccc4)C(C(C)(C)C)(c4[c-]c1ccc4)c1cccc(n1)C(C(C)(C)C)(c1cccc2n1)c1cccc3n1.[Ir+3]. The van der Waals surface area contributed by atoms with E-state index in [1.54, 1.807) is 0 Å².